The molecular formula is C12H16ClN. The van der Waals surface area contributed by atoms with Crippen molar-refractivity contribution in [3.05, 3.63) is 34.9 Å². The van der Waals surface area contributed by atoms with Gasteiger partial charge in [0.1, 0.15) is 0 Å². The fourth-order valence-corrected chi connectivity index (χ4v) is 2.26. The van der Waals surface area contributed by atoms with Crippen LogP contribution in [0, 0.1) is 0 Å². The molecule has 0 aromatic heterocycles. The van der Waals surface area contributed by atoms with Crippen molar-refractivity contribution in [2.24, 2.45) is 0 Å². The zero-order valence-corrected chi connectivity index (χ0v) is 9.06. The van der Waals surface area contributed by atoms with E-state index in [0.29, 0.717) is 5.92 Å². The van der Waals surface area contributed by atoms with Crippen LogP contribution >= 0.6 is 11.6 Å². The van der Waals surface area contributed by atoms with Crippen LogP contribution in [-0.2, 0) is 0 Å². The molecule has 1 aliphatic rings. The van der Waals surface area contributed by atoms with Gasteiger partial charge in [-0.15, -0.1) is 0 Å². The van der Waals surface area contributed by atoms with Crippen molar-refractivity contribution >= 4 is 11.6 Å². The number of halogens is 1. The first-order chi connectivity index (χ1) is 6.86. The van der Waals surface area contributed by atoms with Gasteiger partial charge in [0.25, 0.3) is 0 Å². The summed E-state index contributed by atoms with van der Waals surface area (Å²) in [4.78, 5) is 0. The number of hydrogen-bond acceptors (Lipinski definition) is 1. The van der Waals surface area contributed by atoms with E-state index in [1.165, 1.54) is 24.8 Å². The van der Waals surface area contributed by atoms with Gasteiger partial charge in [0, 0.05) is 11.6 Å². The first-order valence-corrected chi connectivity index (χ1v) is 5.70. The molecule has 2 rings (SSSR count). The summed E-state index contributed by atoms with van der Waals surface area (Å²) in [6.45, 7) is 2.26. The largest absolute Gasteiger partial charge is 0.316 e. The molecule has 1 saturated heterocycles. The Hall–Kier alpha value is -0.530. The average Bonchev–Trinajstić information content (AvgIpc) is 2.45. The predicted molar refractivity (Wildman–Crippen MR) is 60.9 cm³/mol. The molecule has 76 valence electrons. The molecule has 1 atom stereocenters. The Balaban J connectivity index is 2.12. The van der Waals surface area contributed by atoms with Gasteiger partial charge in [-0.1, -0.05) is 30.2 Å². The fraction of sp³-hybridized carbons (Fsp3) is 0.500. The summed E-state index contributed by atoms with van der Waals surface area (Å²) in [5.74, 6) is 0.649. The Morgan fingerprint density at radius 1 is 1.29 bits per heavy atom. The number of benzene rings is 1. The van der Waals surface area contributed by atoms with Gasteiger partial charge in [-0.25, -0.2) is 0 Å². The Kier molecular flexibility index (Phi) is 3.44. The standard InChI is InChI=1S/C12H16ClN/c13-12-6-3-5-10(8-12)11-4-1-2-7-14-9-11/h3,5-6,8,11,14H,1-2,4,7,9H2/t11-/m0/s1. The topological polar surface area (TPSA) is 12.0 Å². The van der Waals surface area contributed by atoms with E-state index >= 15 is 0 Å². The summed E-state index contributed by atoms with van der Waals surface area (Å²) in [6.07, 6.45) is 3.91. The van der Waals surface area contributed by atoms with Gasteiger partial charge >= 0.3 is 0 Å². The molecule has 1 aliphatic heterocycles. The van der Waals surface area contributed by atoms with E-state index < -0.39 is 0 Å². The Morgan fingerprint density at radius 3 is 3.07 bits per heavy atom. The maximum Gasteiger partial charge on any atom is 0.0408 e. The summed E-state index contributed by atoms with van der Waals surface area (Å²) in [5.41, 5.74) is 1.38. The van der Waals surface area contributed by atoms with Crippen LogP contribution in [0.25, 0.3) is 0 Å². The molecular weight excluding hydrogens is 194 g/mol. The van der Waals surface area contributed by atoms with Gasteiger partial charge in [-0.2, -0.15) is 0 Å². The molecule has 1 fully saturated rings. The highest BCUT2D eigenvalue weighted by Crippen LogP contribution is 2.25. The SMILES string of the molecule is Clc1cccc([C@H]2CCCCNC2)c1. The highest BCUT2D eigenvalue weighted by molar-refractivity contribution is 6.30. The quantitative estimate of drug-likeness (QED) is 0.749. The summed E-state index contributed by atoms with van der Waals surface area (Å²) in [7, 11) is 0. The van der Waals surface area contributed by atoms with Crippen molar-refractivity contribution in [2.45, 2.75) is 25.2 Å². The van der Waals surface area contributed by atoms with Gasteiger partial charge in [0.15, 0.2) is 0 Å². The van der Waals surface area contributed by atoms with Crippen LogP contribution in [0.15, 0.2) is 24.3 Å². The Labute approximate surface area is 90.5 Å². The van der Waals surface area contributed by atoms with E-state index in [1.54, 1.807) is 0 Å². The highest BCUT2D eigenvalue weighted by atomic mass is 35.5. The normalized spacial score (nSPS) is 23.1. The van der Waals surface area contributed by atoms with E-state index in [4.69, 9.17) is 11.6 Å². The van der Waals surface area contributed by atoms with Crippen LogP contribution in [-0.4, -0.2) is 13.1 Å². The molecule has 1 aromatic rings. The third kappa shape index (κ3) is 2.49. The van der Waals surface area contributed by atoms with Gasteiger partial charge in [0.05, 0.1) is 0 Å². The molecule has 0 saturated carbocycles. The lowest BCUT2D eigenvalue weighted by atomic mass is 9.95. The van der Waals surface area contributed by atoms with Crippen molar-refractivity contribution in [2.75, 3.05) is 13.1 Å². The minimum atomic E-state index is 0.649. The Morgan fingerprint density at radius 2 is 2.21 bits per heavy atom. The Bertz CT molecular complexity index is 290. The second-order valence-electron chi connectivity index (χ2n) is 3.95. The summed E-state index contributed by atoms with van der Waals surface area (Å²) in [5, 5.41) is 4.33. The molecule has 2 heteroatoms. The van der Waals surface area contributed by atoms with Crippen LogP contribution in [0.3, 0.4) is 0 Å². The molecule has 1 nitrogen and oxygen atoms in total. The smallest absolute Gasteiger partial charge is 0.0408 e. The summed E-state index contributed by atoms with van der Waals surface area (Å²) >= 11 is 5.98. The lowest BCUT2D eigenvalue weighted by molar-refractivity contribution is 0.610. The molecule has 0 amide bonds. The zero-order chi connectivity index (χ0) is 9.80. The second kappa shape index (κ2) is 4.81. The third-order valence-electron chi connectivity index (χ3n) is 2.87. The van der Waals surface area contributed by atoms with Gasteiger partial charge in [0.2, 0.25) is 0 Å². The third-order valence-corrected chi connectivity index (χ3v) is 3.10. The molecule has 14 heavy (non-hydrogen) atoms. The van der Waals surface area contributed by atoms with Gasteiger partial charge < -0.3 is 5.32 Å². The molecule has 0 radical (unpaired) electrons. The van der Waals surface area contributed by atoms with Crippen molar-refractivity contribution in [3.8, 4) is 0 Å². The van der Waals surface area contributed by atoms with Crippen molar-refractivity contribution in [1.29, 1.82) is 0 Å². The van der Waals surface area contributed by atoms with Crippen molar-refractivity contribution in [1.82, 2.24) is 5.32 Å². The number of hydrogen-bond donors (Lipinski definition) is 1. The average molecular weight is 210 g/mol. The van der Waals surface area contributed by atoms with E-state index in [2.05, 4.69) is 17.4 Å². The monoisotopic (exact) mass is 209 g/mol. The first-order valence-electron chi connectivity index (χ1n) is 5.32. The summed E-state index contributed by atoms with van der Waals surface area (Å²) in [6, 6.07) is 8.26. The highest BCUT2D eigenvalue weighted by Gasteiger charge is 2.13. The van der Waals surface area contributed by atoms with Crippen LogP contribution < -0.4 is 5.32 Å². The fourth-order valence-electron chi connectivity index (χ4n) is 2.06. The molecule has 0 aliphatic carbocycles. The van der Waals surface area contributed by atoms with Crippen molar-refractivity contribution in [3.63, 3.8) is 0 Å². The summed E-state index contributed by atoms with van der Waals surface area (Å²) < 4.78 is 0. The molecule has 0 unspecified atom stereocenters. The van der Waals surface area contributed by atoms with E-state index in [1.807, 2.05) is 12.1 Å². The molecule has 1 N–H and O–H groups in total. The maximum absolute atomic E-state index is 5.98. The van der Waals surface area contributed by atoms with Crippen LogP contribution in [0.1, 0.15) is 30.7 Å². The van der Waals surface area contributed by atoms with E-state index in [0.717, 1.165) is 18.1 Å². The van der Waals surface area contributed by atoms with E-state index in [9.17, 15) is 0 Å². The predicted octanol–water partition coefficient (Wildman–Crippen LogP) is 3.20. The molecule has 0 bridgehead atoms. The second-order valence-corrected chi connectivity index (χ2v) is 4.39. The zero-order valence-electron chi connectivity index (χ0n) is 8.30. The molecule has 1 heterocycles. The molecule has 0 spiro atoms. The maximum atomic E-state index is 5.98. The van der Waals surface area contributed by atoms with Crippen LogP contribution in [0.4, 0.5) is 0 Å². The molecule has 1 aromatic carbocycles. The van der Waals surface area contributed by atoms with Gasteiger partial charge in [-0.05, 0) is 43.0 Å². The van der Waals surface area contributed by atoms with Gasteiger partial charge in [-0.3, -0.25) is 0 Å². The van der Waals surface area contributed by atoms with Crippen LogP contribution in [0.2, 0.25) is 5.02 Å². The minimum absolute atomic E-state index is 0.649. The van der Waals surface area contributed by atoms with Crippen LogP contribution in [0.5, 0.6) is 0 Å². The van der Waals surface area contributed by atoms with E-state index in [-0.39, 0.29) is 0 Å². The lowest BCUT2D eigenvalue weighted by Gasteiger charge is -2.14. The minimum Gasteiger partial charge on any atom is -0.316 e. The lowest BCUT2D eigenvalue weighted by Crippen LogP contribution is -2.19. The van der Waals surface area contributed by atoms with Crippen molar-refractivity contribution < 1.29 is 0 Å². The first kappa shape index (κ1) is 10.0. The number of nitrogens with one attached hydrogen (secondary N) is 1. The number of rotatable bonds is 1.